The van der Waals surface area contributed by atoms with Crippen LogP contribution in [-0.2, 0) is 0 Å². The molecule has 0 radical (unpaired) electrons. The van der Waals surface area contributed by atoms with Crippen molar-refractivity contribution in [1.82, 2.24) is 10.9 Å². The van der Waals surface area contributed by atoms with Crippen molar-refractivity contribution in [3.8, 4) is 5.75 Å². The van der Waals surface area contributed by atoms with Crippen LogP contribution in [0.1, 0.15) is 20.7 Å². The zero-order valence-corrected chi connectivity index (χ0v) is 12.0. The first-order valence-electron chi connectivity index (χ1n) is 6.10. The number of ether oxygens (including phenoxy) is 1. The predicted octanol–water partition coefficient (Wildman–Crippen LogP) is 2.42. The quantitative estimate of drug-likeness (QED) is 0.856. The number of nitrogens with one attached hydrogen (secondary N) is 2. The number of amides is 2. The highest BCUT2D eigenvalue weighted by Crippen LogP contribution is 2.11. The zero-order valence-electron chi connectivity index (χ0n) is 11.2. The van der Waals surface area contributed by atoms with Crippen LogP contribution >= 0.6 is 11.6 Å². The summed E-state index contributed by atoms with van der Waals surface area (Å²) in [6.45, 7) is 0. The van der Waals surface area contributed by atoms with Crippen molar-refractivity contribution < 1.29 is 14.3 Å². The van der Waals surface area contributed by atoms with Gasteiger partial charge in [-0.25, -0.2) is 0 Å². The Balaban J connectivity index is 1.93. The average Bonchev–Trinajstić information content (AvgIpc) is 2.53. The van der Waals surface area contributed by atoms with Gasteiger partial charge in [-0.05, 0) is 48.5 Å². The second-order valence-corrected chi connectivity index (χ2v) is 4.58. The molecule has 0 aliphatic carbocycles. The maximum atomic E-state index is 11.8. The van der Waals surface area contributed by atoms with Gasteiger partial charge in [0.2, 0.25) is 0 Å². The van der Waals surface area contributed by atoms with Crippen LogP contribution in [0.4, 0.5) is 0 Å². The van der Waals surface area contributed by atoms with E-state index in [-0.39, 0.29) is 0 Å². The summed E-state index contributed by atoms with van der Waals surface area (Å²) in [5.41, 5.74) is 5.48. The van der Waals surface area contributed by atoms with Crippen molar-refractivity contribution in [2.45, 2.75) is 0 Å². The van der Waals surface area contributed by atoms with Crippen molar-refractivity contribution >= 4 is 23.4 Å². The highest BCUT2D eigenvalue weighted by molar-refractivity contribution is 6.30. The Morgan fingerprint density at radius 3 is 1.71 bits per heavy atom. The van der Waals surface area contributed by atoms with E-state index in [0.29, 0.717) is 21.9 Å². The van der Waals surface area contributed by atoms with Crippen molar-refractivity contribution in [1.29, 1.82) is 0 Å². The second-order valence-electron chi connectivity index (χ2n) is 4.14. The molecule has 108 valence electrons. The third-order valence-electron chi connectivity index (χ3n) is 2.75. The maximum absolute atomic E-state index is 11.8. The average molecular weight is 305 g/mol. The number of hydrazine groups is 1. The summed E-state index contributed by atoms with van der Waals surface area (Å²) < 4.78 is 5.00. The van der Waals surface area contributed by atoms with Gasteiger partial charge >= 0.3 is 0 Å². The summed E-state index contributed by atoms with van der Waals surface area (Å²) in [7, 11) is 1.54. The molecule has 0 aromatic heterocycles. The van der Waals surface area contributed by atoms with E-state index < -0.39 is 11.8 Å². The van der Waals surface area contributed by atoms with E-state index in [2.05, 4.69) is 10.9 Å². The summed E-state index contributed by atoms with van der Waals surface area (Å²) >= 11 is 5.74. The fourth-order valence-corrected chi connectivity index (χ4v) is 1.73. The molecule has 5 nitrogen and oxygen atoms in total. The summed E-state index contributed by atoms with van der Waals surface area (Å²) in [4.78, 5) is 23.6. The van der Waals surface area contributed by atoms with Gasteiger partial charge in [-0.2, -0.15) is 0 Å². The Hall–Kier alpha value is -2.53. The minimum Gasteiger partial charge on any atom is -0.497 e. The first-order chi connectivity index (χ1) is 10.1. The van der Waals surface area contributed by atoms with E-state index >= 15 is 0 Å². The largest absolute Gasteiger partial charge is 0.497 e. The van der Waals surface area contributed by atoms with Crippen LogP contribution in [0.5, 0.6) is 5.75 Å². The fourth-order valence-electron chi connectivity index (χ4n) is 1.60. The summed E-state index contributed by atoms with van der Waals surface area (Å²) in [6.07, 6.45) is 0. The number of carbonyl (C=O) groups is 2. The van der Waals surface area contributed by atoms with E-state index in [0.717, 1.165) is 0 Å². The van der Waals surface area contributed by atoms with Gasteiger partial charge in [0.15, 0.2) is 0 Å². The van der Waals surface area contributed by atoms with Crippen LogP contribution in [-0.4, -0.2) is 18.9 Å². The molecule has 0 saturated carbocycles. The third-order valence-corrected chi connectivity index (χ3v) is 3.00. The van der Waals surface area contributed by atoms with Gasteiger partial charge in [-0.3, -0.25) is 20.4 Å². The molecule has 0 fully saturated rings. The van der Waals surface area contributed by atoms with Gasteiger partial charge in [0.25, 0.3) is 11.8 Å². The van der Waals surface area contributed by atoms with Crippen LogP contribution in [0.25, 0.3) is 0 Å². The molecule has 2 amide bonds. The highest BCUT2D eigenvalue weighted by Gasteiger charge is 2.09. The molecule has 0 saturated heterocycles. The maximum Gasteiger partial charge on any atom is 0.269 e. The standard InChI is InChI=1S/C15H13ClN2O3/c1-21-13-8-4-11(5-9-13)15(20)18-17-14(19)10-2-6-12(16)7-3-10/h2-9H,1H3,(H,17,19)(H,18,20). The lowest BCUT2D eigenvalue weighted by Crippen LogP contribution is -2.41. The smallest absolute Gasteiger partial charge is 0.269 e. The Kier molecular flexibility index (Phi) is 4.79. The molecule has 0 bridgehead atoms. The highest BCUT2D eigenvalue weighted by atomic mass is 35.5. The molecule has 0 spiro atoms. The molecule has 0 aliphatic heterocycles. The van der Waals surface area contributed by atoms with Gasteiger partial charge in [-0.15, -0.1) is 0 Å². The van der Waals surface area contributed by atoms with E-state index in [1.54, 1.807) is 55.6 Å². The van der Waals surface area contributed by atoms with E-state index in [4.69, 9.17) is 16.3 Å². The summed E-state index contributed by atoms with van der Waals surface area (Å²) in [5.74, 6) is -0.190. The van der Waals surface area contributed by atoms with Crippen molar-refractivity contribution in [3.05, 3.63) is 64.7 Å². The molecule has 2 aromatic rings. The topological polar surface area (TPSA) is 67.4 Å². The van der Waals surface area contributed by atoms with Crippen LogP contribution in [0.15, 0.2) is 48.5 Å². The molecule has 0 unspecified atom stereocenters. The lowest BCUT2D eigenvalue weighted by atomic mass is 10.2. The number of methoxy groups -OCH3 is 1. The lowest BCUT2D eigenvalue weighted by molar-refractivity contribution is 0.0846. The Labute approximate surface area is 126 Å². The summed E-state index contributed by atoms with van der Waals surface area (Å²) in [6, 6.07) is 12.9. The number of carbonyl (C=O) groups excluding carboxylic acids is 2. The van der Waals surface area contributed by atoms with Gasteiger partial charge in [0.05, 0.1) is 7.11 Å². The minimum atomic E-state index is -0.423. The molecule has 21 heavy (non-hydrogen) atoms. The second kappa shape index (κ2) is 6.76. The first kappa shape index (κ1) is 14.9. The predicted molar refractivity (Wildman–Crippen MR) is 79.4 cm³/mol. The van der Waals surface area contributed by atoms with E-state index in [1.165, 1.54) is 0 Å². The Bertz CT molecular complexity index is 639. The van der Waals surface area contributed by atoms with Crippen LogP contribution in [0.2, 0.25) is 5.02 Å². The number of benzene rings is 2. The van der Waals surface area contributed by atoms with Crippen molar-refractivity contribution in [3.63, 3.8) is 0 Å². The Morgan fingerprint density at radius 1 is 0.857 bits per heavy atom. The monoisotopic (exact) mass is 304 g/mol. The molecule has 0 aliphatic rings. The first-order valence-corrected chi connectivity index (χ1v) is 6.48. The SMILES string of the molecule is COc1ccc(C(=O)NNC(=O)c2ccc(Cl)cc2)cc1. The molecular weight excluding hydrogens is 292 g/mol. The number of halogens is 1. The summed E-state index contributed by atoms with van der Waals surface area (Å²) in [5, 5.41) is 0.536. The molecule has 0 atom stereocenters. The molecule has 6 heteroatoms. The lowest BCUT2D eigenvalue weighted by Gasteiger charge is -2.08. The van der Waals surface area contributed by atoms with Gasteiger partial charge < -0.3 is 4.74 Å². The fraction of sp³-hybridized carbons (Fsp3) is 0.0667. The van der Waals surface area contributed by atoms with Crippen LogP contribution in [0.3, 0.4) is 0 Å². The normalized spacial score (nSPS) is 9.81. The number of hydrogen-bond acceptors (Lipinski definition) is 3. The molecule has 2 N–H and O–H groups in total. The van der Waals surface area contributed by atoms with Crippen LogP contribution < -0.4 is 15.6 Å². The molecule has 0 heterocycles. The van der Waals surface area contributed by atoms with Gasteiger partial charge in [-0.1, -0.05) is 11.6 Å². The van der Waals surface area contributed by atoms with Gasteiger partial charge in [0.1, 0.15) is 5.75 Å². The molecular formula is C15H13ClN2O3. The van der Waals surface area contributed by atoms with Crippen molar-refractivity contribution in [2.24, 2.45) is 0 Å². The number of rotatable bonds is 3. The van der Waals surface area contributed by atoms with E-state index in [9.17, 15) is 9.59 Å². The van der Waals surface area contributed by atoms with Crippen LogP contribution in [0, 0.1) is 0 Å². The Morgan fingerprint density at radius 2 is 1.29 bits per heavy atom. The molecule has 2 rings (SSSR count). The zero-order chi connectivity index (χ0) is 15.2. The molecule has 2 aromatic carbocycles. The minimum absolute atomic E-state index is 0.398. The van der Waals surface area contributed by atoms with E-state index in [1.807, 2.05) is 0 Å². The number of hydrogen-bond donors (Lipinski definition) is 2. The van der Waals surface area contributed by atoms with Crippen molar-refractivity contribution in [2.75, 3.05) is 7.11 Å². The third kappa shape index (κ3) is 3.97. The van der Waals surface area contributed by atoms with Gasteiger partial charge in [0, 0.05) is 16.1 Å².